The molecule has 4 rings (SSSR count). The number of carbonyl (C=O) groups excluding carboxylic acids is 1. The van der Waals surface area contributed by atoms with Crippen LogP contribution in [-0.4, -0.2) is 11.6 Å². The van der Waals surface area contributed by atoms with E-state index >= 15 is 0 Å². The zero-order valence-electron chi connectivity index (χ0n) is 14.2. The fourth-order valence-electron chi connectivity index (χ4n) is 2.94. The molecule has 0 atom stereocenters. The molecule has 0 fully saturated rings. The normalized spacial score (nSPS) is 14.1. The zero-order chi connectivity index (χ0) is 18.8. The van der Waals surface area contributed by atoms with Crippen molar-refractivity contribution in [1.82, 2.24) is 0 Å². The summed E-state index contributed by atoms with van der Waals surface area (Å²) in [5.41, 5.74) is 3.38. The molecule has 3 aromatic carbocycles. The van der Waals surface area contributed by atoms with Gasteiger partial charge in [-0.25, -0.2) is 0 Å². The highest BCUT2D eigenvalue weighted by atomic mass is 35.5. The van der Waals surface area contributed by atoms with E-state index in [2.05, 4.69) is 10.4 Å². The number of hydrazone groups is 1. The van der Waals surface area contributed by atoms with Gasteiger partial charge in [0.25, 0.3) is 5.91 Å². The minimum absolute atomic E-state index is 0.286. The predicted octanol–water partition coefficient (Wildman–Crippen LogP) is 5.36. The molecule has 134 valence electrons. The third kappa shape index (κ3) is 3.68. The maximum absolute atomic E-state index is 12.5. The van der Waals surface area contributed by atoms with Crippen molar-refractivity contribution in [3.63, 3.8) is 0 Å². The first-order chi connectivity index (χ1) is 13.1. The van der Waals surface area contributed by atoms with Gasteiger partial charge in [-0.15, -0.1) is 0 Å². The standard InChI is InChI=1S/C21H15Cl2N3O/c22-15-11-17-19(18(23)12-15)24-21(27)20(17)25-26(16-9-5-2-6-10-16)13-14-7-3-1-4-8-14/h1-12H,13H2,(H,24,25,27). The first-order valence-corrected chi connectivity index (χ1v) is 9.13. The monoisotopic (exact) mass is 395 g/mol. The van der Waals surface area contributed by atoms with Crippen LogP contribution in [-0.2, 0) is 11.3 Å². The molecule has 1 heterocycles. The lowest BCUT2D eigenvalue weighted by molar-refractivity contribution is -0.110. The molecule has 0 aromatic heterocycles. The third-order valence-corrected chi connectivity index (χ3v) is 4.73. The summed E-state index contributed by atoms with van der Waals surface area (Å²) in [4.78, 5) is 12.5. The van der Waals surface area contributed by atoms with Crippen LogP contribution in [0, 0.1) is 0 Å². The van der Waals surface area contributed by atoms with Crippen LogP contribution in [0.5, 0.6) is 0 Å². The summed E-state index contributed by atoms with van der Waals surface area (Å²) in [7, 11) is 0. The number of nitrogens with zero attached hydrogens (tertiary/aromatic N) is 2. The molecule has 0 bridgehead atoms. The molecule has 6 heteroatoms. The molecule has 3 aromatic rings. The van der Waals surface area contributed by atoms with E-state index < -0.39 is 0 Å². The Morgan fingerprint density at radius 3 is 2.30 bits per heavy atom. The molecule has 0 aliphatic carbocycles. The van der Waals surface area contributed by atoms with Crippen molar-refractivity contribution >= 4 is 46.2 Å². The fourth-order valence-corrected chi connectivity index (χ4v) is 3.48. The SMILES string of the molecule is O=C1Nc2c(Cl)cc(Cl)cc2C1=NN(Cc1ccccc1)c1ccccc1. The number of carbonyl (C=O) groups is 1. The van der Waals surface area contributed by atoms with E-state index in [9.17, 15) is 4.79 Å². The van der Waals surface area contributed by atoms with Crippen LogP contribution < -0.4 is 10.3 Å². The van der Waals surface area contributed by atoms with Gasteiger partial charge < -0.3 is 5.32 Å². The maximum Gasteiger partial charge on any atom is 0.276 e. The molecule has 0 spiro atoms. The van der Waals surface area contributed by atoms with E-state index in [1.807, 2.05) is 60.7 Å². The van der Waals surface area contributed by atoms with Gasteiger partial charge in [0.1, 0.15) is 0 Å². The second-order valence-electron chi connectivity index (χ2n) is 6.09. The molecular weight excluding hydrogens is 381 g/mol. The maximum atomic E-state index is 12.5. The Morgan fingerprint density at radius 1 is 0.926 bits per heavy atom. The van der Waals surface area contributed by atoms with Crippen LogP contribution in [0.2, 0.25) is 10.0 Å². The lowest BCUT2D eigenvalue weighted by Crippen LogP contribution is -2.23. The Bertz CT molecular complexity index is 1020. The van der Waals surface area contributed by atoms with E-state index in [1.165, 1.54) is 0 Å². The van der Waals surface area contributed by atoms with Gasteiger partial charge in [-0.05, 0) is 29.8 Å². The summed E-state index contributed by atoms with van der Waals surface area (Å²) >= 11 is 12.4. The lowest BCUT2D eigenvalue weighted by Gasteiger charge is -2.20. The number of hydrogen-bond donors (Lipinski definition) is 1. The molecule has 1 amide bonds. The summed E-state index contributed by atoms with van der Waals surface area (Å²) < 4.78 is 0. The van der Waals surface area contributed by atoms with Crippen LogP contribution in [0.15, 0.2) is 77.9 Å². The van der Waals surface area contributed by atoms with Gasteiger partial charge in [-0.3, -0.25) is 9.80 Å². The molecule has 0 radical (unpaired) electrons. The number of para-hydroxylation sites is 1. The topological polar surface area (TPSA) is 44.7 Å². The minimum Gasteiger partial charge on any atom is -0.319 e. The van der Waals surface area contributed by atoms with Crippen molar-refractivity contribution in [3.05, 3.63) is 94.0 Å². The van der Waals surface area contributed by atoms with Crippen LogP contribution in [0.25, 0.3) is 0 Å². The summed E-state index contributed by atoms with van der Waals surface area (Å²) in [5.74, 6) is -0.303. The molecule has 1 N–H and O–H groups in total. The Balaban J connectivity index is 1.79. The quantitative estimate of drug-likeness (QED) is 0.604. The number of halogens is 2. The number of fused-ring (bicyclic) bond motifs is 1. The number of amides is 1. The van der Waals surface area contributed by atoms with Crippen LogP contribution >= 0.6 is 23.2 Å². The summed E-state index contributed by atoms with van der Waals surface area (Å²) in [6.45, 7) is 0.519. The lowest BCUT2D eigenvalue weighted by atomic mass is 10.1. The van der Waals surface area contributed by atoms with Gasteiger partial charge in [0.05, 0.1) is 22.9 Å². The number of anilines is 2. The second kappa shape index (κ2) is 7.43. The van der Waals surface area contributed by atoms with Gasteiger partial charge in [-0.1, -0.05) is 71.7 Å². The smallest absolute Gasteiger partial charge is 0.276 e. The summed E-state index contributed by atoms with van der Waals surface area (Å²) in [6.07, 6.45) is 0. The molecule has 0 saturated carbocycles. The van der Waals surface area contributed by atoms with E-state index in [1.54, 1.807) is 17.1 Å². The Morgan fingerprint density at radius 2 is 1.59 bits per heavy atom. The van der Waals surface area contributed by atoms with Crippen molar-refractivity contribution < 1.29 is 4.79 Å². The highest BCUT2D eigenvalue weighted by Gasteiger charge is 2.29. The van der Waals surface area contributed by atoms with Crippen LogP contribution in [0.4, 0.5) is 11.4 Å². The summed E-state index contributed by atoms with van der Waals surface area (Å²) in [5, 5.41) is 10.1. The Kier molecular flexibility index (Phi) is 4.84. The van der Waals surface area contributed by atoms with E-state index in [-0.39, 0.29) is 11.6 Å². The van der Waals surface area contributed by atoms with Gasteiger partial charge >= 0.3 is 0 Å². The predicted molar refractivity (Wildman–Crippen MR) is 111 cm³/mol. The number of benzene rings is 3. The third-order valence-electron chi connectivity index (χ3n) is 4.21. The number of hydrogen-bond acceptors (Lipinski definition) is 3. The van der Waals surface area contributed by atoms with E-state index in [4.69, 9.17) is 23.2 Å². The largest absolute Gasteiger partial charge is 0.319 e. The molecule has 27 heavy (non-hydrogen) atoms. The average Bonchev–Trinajstić information content (AvgIpc) is 2.99. The van der Waals surface area contributed by atoms with Gasteiger partial charge in [0.15, 0.2) is 5.71 Å². The van der Waals surface area contributed by atoms with Crippen molar-refractivity contribution in [1.29, 1.82) is 0 Å². The Hall–Kier alpha value is -2.82. The molecule has 4 nitrogen and oxygen atoms in total. The zero-order valence-corrected chi connectivity index (χ0v) is 15.7. The summed E-state index contributed by atoms with van der Waals surface area (Å²) in [6, 6.07) is 23.0. The van der Waals surface area contributed by atoms with Gasteiger partial charge in [0, 0.05) is 10.6 Å². The van der Waals surface area contributed by atoms with Crippen LogP contribution in [0.3, 0.4) is 0 Å². The number of rotatable bonds is 4. The van der Waals surface area contributed by atoms with Crippen molar-refractivity contribution in [2.75, 3.05) is 10.3 Å². The van der Waals surface area contributed by atoms with E-state index in [0.717, 1.165) is 11.3 Å². The molecule has 0 saturated heterocycles. The molecular formula is C21H15Cl2N3O. The second-order valence-corrected chi connectivity index (χ2v) is 6.94. The Labute approximate surface area is 167 Å². The highest BCUT2D eigenvalue weighted by Crippen LogP contribution is 2.35. The first kappa shape index (κ1) is 17.6. The van der Waals surface area contributed by atoms with Gasteiger partial charge in [-0.2, -0.15) is 5.10 Å². The van der Waals surface area contributed by atoms with Gasteiger partial charge in [0.2, 0.25) is 0 Å². The van der Waals surface area contributed by atoms with Crippen molar-refractivity contribution in [2.24, 2.45) is 5.10 Å². The van der Waals surface area contributed by atoms with E-state index in [0.29, 0.717) is 27.8 Å². The minimum atomic E-state index is -0.303. The molecule has 1 aliphatic heterocycles. The molecule has 0 unspecified atom stereocenters. The highest BCUT2D eigenvalue weighted by molar-refractivity contribution is 6.56. The first-order valence-electron chi connectivity index (χ1n) is 8.38. The number of nitrogens with one attached hydrogen (secondary N) is 1. The van der Waals surface area contributed by atoms with Crippen molar-refractivity contribution in [3.8, 4) is 0 Å². The fraction of sp³-hybridized carbons (Fsp3) is 0.0476. The average molecular weight is 396 g/mol. The van der Waals surface area contributed by atoms with Crippen molar-refractivity contribution in [2.45, 2.75) is 6.54 Å². The van der Waals surface area contributed by atoms with Crippen LogP contribution in [0.1, 0.15) is 11.1 Å². The molecule has 1 aliphatic rings.